The number of thiophene rings is 1. The van der Waals surface area contributed by atoms with Crippen molar-refractivity contribution in [3.8, 4) is 11.1 Å². The zero-order valence-electron chi connectivity index (χ0n) is 12.6. The number of nitrogens with one attached hydrogen (secondary N) is 1. The van der Waals surface area contributed by atoms with Crippen molar-refractivity contribution in [3.05, 3.63) is 40.3 Å². The number of fused-ring (bicyclic) bond motifs is 1. The van der Waals surface area contributed by atoms with Crippen molar-refractivity contribution in [1.29, 1.82) is 0 Å². The Balaban J connectivity index is 1.72. The average molecular weight is 325 g/mol. The first-order chi connectivity index (χ1) is 11.2. The van der Waals surface area contributed by atoms with Gasteiger partial charge >= 0.3 is 0 Å². The van der Waals surface area contributed by atoms with E-state index in [4.69, 9.17) is 5.73 Å². The lowest BCUT2D eigenvalue weighted by Gasteiger charge is -2.12. The van der Waals surface area contributed by atoms with Crippen LogP contribution in [0.5, 0.6) is 0 Å². The summed E-state index contributed by atoms with van der Waals surface area (Å²) in [5, 5.41) is 2.73. The number of likely N-dealkylation sites (tertiary alicyclic amines) is 1. The van der Waals surface area contributed by atoms with Crippen LogP contribution in [0.4, 0.5) is 0 Å². The van der Waals surface area contributed by atoms with Gasteiger partial charge in [-0.05, 0) is 42.9 Å². The van der Waals surface area contributed by atoms with E-state index in [1.165, 1.54) is 30.8 Å². The lowest BCUT2D eigenvalue weighted by molar-refractivity contribution is 0.100. The third-order valence-electron chi connectivity index (χ3n) is 4.29. The number of carbonyl (C=O) groups is 1. The van der Waals surface area contributed by atoms with Crippen molar-refractivity contribution in [3.63, 3.8) is 0 Å². The molecule has 1 amide bonds. The van der Waals surface area contributed by atoms with E-state index < -0.39 is 5.91 Å². The van der Waals surface area contributed by atoms with Crippen LogP contribution in [0.2, 0.25) is 0 Å². The van der Waals surface area contributed by atoms with Crippen molar-refractivity contribution >= 4 is 28.3 Å². The fraction of sp³-hybridized carbons (Fsp3) is 0.294. The monoisotopic (exact) mass is 325 g/mol. The molecule has 117 valence electrons. The van der Waals surface area contributed by atoms with E-state index in [1.807, 2.05) is 0 Å². The number of H-pyrrole nitrogens is 1. The Bertz CT molecular complexity index is 860. The van der Waals surface area contributed by atoms with Crippen LogP contribution in [0.1, 0.15) is 28.1 Å². The maximum absolute atomic E-state index is 11.9. The van der Waals surface area contributed by atoms with Crippen molar-refractivity contribution in [2.45, 2.75) is 19.4 Å². The average Bonchev–Trinajstić information content (AvgIpc) is 3.27. The first-order valence-electron chi connectivity index (χ1n) is 7.70. The number of rotatable bonds is 4. The molecule has 1 radical (unpaired) electrons. The number of amides is 1. The molecule has 0 atom stereocenters. The van der Waals surface area contributed by atoms with Gasteiger partial charge in [-0.1, -0.05) is 0 Å². The van der Waals surface area contributed by atoms with Gasteiger partial charge in [0.25, 0.3) is 0 Å². The molecule has 3 aromatic rings. The van der Waals surface area contributed by atoms with Crippen LogP contribution in [-0.4, -0.2) is 33.9 Å². The second-order valence-corrected chi connectivity index (χ2v) is 6.85. The van der Waals surface area contributed by atoms with E-state index >= 15 is 0 Å². The second-order valence-electron chi connectivity index (χ2n) is 5.85. The maximum Gasteiger partial charge on any atom is 0.250 e. The summed E-state index contributed by atoms with van der Waals surface area (Å²) < 4.78 is 0. The molecule has 1 saturated heterocycles. The molecule has 0 spiro atoms. The van der Waals surface area contributed by atoms with Crippen LogP contribution < -0.4 is 5.73 Å². The van der Waals surface area contributed by atoms with Gasteiger partial charge in [0, 0.05) is 40.8 Å². The molecule has 5 nitrogen and oxygen atoms in total. The van der Waals surface area contributed by atoms with Crippen LogP contribution >= 0.6 is 11.3 Å². The van der Waals surface area contributed by atoms with E-state index in [1.54, 1.807) is 23.7 Å². The minimum absolute atomic E-state index is 0.449. The molecule has 4 rings (SSSR count). The van der Waals surface area contributed by atoms with E-state index in [2.05, 4.69) is 32.4 Å². The molecular weight excluding hydrogens is 308 g/mol. The molecule has 0 aromatic carbocycles. The van der Waals surface area contributed by atoms with E-state index in [-0.39, 0.29) is 0 Å². The highest BCUT2D eigenvalue weighted by molar-refractivity contribution is 7.10. The Hall–Kier alpha value is -2.18. The smallest absolute Gasteiger partial charge is 0.250 e. The lowest BCUT2D eigenvalue weighted by Crippen LogP contribution is -2.17. The number of primary amides is 1. The van der Waals surface area contributed by atoms with Gasteiger partial charge in [-0.2, -0.15) is 0 Å². The van der Waals surface area contributed by atoms with Gasteiger partial charge in [0.15, 0.2) is 0 Å². The molecule has 3 N–H and O–H groups in total. The molecule has 6 heteroatoms. The van der Waals surface area contributed by atoms with E-state index in [0.29, 0.717) is 16.6 Å². The predicted octanol–water partition coefficient (Wildman–Crippen LogP) is 2.79. The van der Waals surface area contributed by atoms with Crippen molar-refractivity contribution in [1.82, 2.24) is 14.9 Å². The first-order valence-corrected chi connectivity index (χ1v) is 8.58. The molecule has 4 heterocycles. The molecule has 0 saturated carbocycles. The summed E-state index contributed by atoms with van der Waals surface area (Å²) >= 11 is 1.72. The van der Waals surface area contributed by atoms with Crippen LogP contribution in [0.3, 0.4) is 0 Å². The second kappa shape index (κ2) is 5.79. The Labute approximate surface area is 138 Å². The molecule has 1 aliphatic heterocycles. The number of nitrogens with zero attached hydrogens (tertiary/aromatic N) is 2. The Morgan fingerprint density at radius 3 is 3.04 bits per heavy atom. The van der Waals surface area contributed by atoms with E-state index in [9.17, 15) is 4.79 Å². The van der Waals surface area contributed by atoms with Crippen molar-refractivity contribution < 1.29 is 4.79 Å². The number of carbonyl (C=O) groups excluding carboxylic acids is 1. The van der Waals surface area contributed by atoms with Crippen LogP contribution in [0, 0.1) is 6.07 Å². The first kappa shape index (κ1) is 14.4. The van der Waals surface area contributed by atoms with E-state index in [0.717, 1.165) is 17.7 Å². The molecule has 23 heavy (non-hydrogen) atoms. The van der Waals surface area contributed by atoms with Gasteiger partial charge in [0.05, 0.1) is 5.56 Å². The number of aromatic amines is 1. The summed E-state index contributed by atoms with van der Waals surface area (Å²) in [4.78, 5) is 23.1. The fourth-order valence-corrected chi connectivity index (χ4v) is 4.10. The van der Waals surface area contributed by atoms with Crippen LogP contribution in [0.25, 0.3) is 22.2 Å². The fourth-order valence-electron chi connectivity index (χ4n) is 3.18. The van der Waals surface area contributed by atoms with Gasteiger partial charge < -0.3 is 10.7 Å². The summed E-state index contributed by atoms with van der Waals surface area (Å²) in [7, 11) is 0. The normalized spacial score (nSPS) is 15.5. The van der Waals surface area contributed by atoms with Gasteiger partial charge in [0.2, 0.25) is 5.91 Å². The molecule has 3 aromatic heterocycles. The Kier molecular flexibility index (Phi) is 3.63. The number of hydrogen-bond acceptors (Lipinski definition) is 4. The summed E-state index contributed by atoms with van der Waals surface area (Å²) in [6.45, 7) is 3.32. The zero-order chi connectivity index (χ0) is 15.8. The highest BCUT2D eigenvalue weighted by Crippen LogP contribution is 2.32. The third-order valence-corrected chi connectivity index (χ3v) is 5.22. The number of nitrogens with two attached hydrogens (primary N) is 1. The van der Waals surface area contributed by atoms with Crippen molar-refractivity contribution in [2.75, 3.05) is 13.1 Å². The lowest BCUT2D eigenvalue weighted by atomic mass is 10.0. The molecule has 1 fully saturated rings. The number of aromatic nitrogens is 2. The summed E-state index contributed by atoms with van der Waals surface area (Å²) in [5.41, 5.74) is 8.52. The van der Waals surface area contributed by atoms with Gasteiger partial charge in [-0.25, -0.2) is 4.98 Å². The van der Waals surface area contributed by atoms with Gasteiger partial charge in [0.1, 0.15) is 5.65 Å². The number of hydrogen-bond donors (Lipinski definition) is 2. The SMILES string of the molecule is NC(=O)c1c(-c2csc(CN3CCCC3)c2)cnc2[nH]c[c]c12. The minimum Gasteiger partial charge on any atom is -0.366 e. The predicted molar refractivity (Wildman–Crippen MR) is 91.3 cm³/mol. The standard InChI is InChI=1S/C17H17N4OS/c18-16(22)15-13-3-4-19-17(13)20-8-14(15)11-7-12(23-10-11)9-21-5-1-2-6-21/h4,7-8,10H,1-2,5-6,9H2,(H2,18,22)(H,19,20). The minimum atomic E-state index is -0.449. The quantitative estimate of drug-likeness (QED) is 0.774. The van der Waals surface area contributed by atoms with Crippen LogP contribution in [-0.2, 0) is 6.54 Å². The number of pyridine rings is 1. The third kappa shape index (κ3) is 2.64. The van der Waals surface area contributed by atoms with Crippen LogP contribution in [0.15, 0.2) is 23.8 Å². The Morgan fingerprint density at radius 2 is 2.26 bits per heavy atom. The topological polar surface area (TPSA) is 75.0 Å². The molecule has 0 bridgehead atoms. The zero-order valence-corrected chi connectivity index (χ0v) is 13.4. The molecule has 1 aliphatic rings. The molecule has 0 unspecified atom stereocenters. The highest BCUT2D eigenvalue weighted by Gasteiger charge is 2.18. The van der Waals surface area contributed by atoms with Crippen molar-refractivity contribution in [2.24, 2.45) is 5.73 Å². The van der Waals surface area contributed by atoms with Gasteiger partial charge in [-0.3, -0.25) is 9.69 Å². The summed E-state index contributed by atoms with van der Waals surface area (Å²) in [6.07, 6.45) is 5.94. The Morgan fingerprint density at radius 1 is 1.43 bits per heavy atom. The van der Waals surface area contributed by atoms with Gasteiger partial charge in [-0.15, -0.1) is 11.3 Å². The largest absolute Gasteiger partial charge is 0.366 e. The summed E-state index contributed by atoms with van der Waals surface area (Å²) in [5.74, 6) is -0.449. The maximum atomic E-state index is 11.9. The summed E-state index contributed by atoms with van der Waals surface area (Å²) in [6, 6.07) is 5.17. The molecule has 0 aliphatic carbocycles. The highest BCUT2D eigenvalue weighted by atomic mass is 32.1. The molecular formula is C17H17N4OS.